The van der Waals surface area contributed by atoms with Gasteiger partial charge in [-0.25, -0.2) is 0 Å². The Morgan fingerprint density at radius 2 is 2.00 bits per heavy atom. The first-order chi connectivity index (χ1) is 8.19. The van der Waals surface area contributed by atoms with Crippen molar-refractivity contribution < 1.29 is 9.90 Å². The molecule has 1 amide bonds. The SMILES string of the molecule is NC1(C(=O)NCCSCCCO)CCCCC1. The molecule has 0 aromatic carbocycles. The number of hydrogen-bond donors (Lipinski definition) is 3. The Hall–Kier alpha value is -0.260. The van der Waals surface area contributed by atoms with Gasteiger partial charge in [0.25, 0.3) is 0 Å². The highest BCUT2D eigenvalue weighted by Crippen LogP contribution is 2.25. The number of amides is 1. The topological polar surface area (TPSA) is 75.4 Å². The molecule has 100 valence electrons. The molecule has 0 atom stereocenters. The molecular formula is C12H24N2O2S. The predicted octanol–water partition coefficient (Wildman–Crippen LogP) is 0.880. The standard InChI is InChI=1S/C12H24N2O2S/c13-12(5-2-1-3-6-12)11(16)14-7-10-17-9-4-8-15/h15H,1-10,13H2,(H,14,16). The maximum Gasteiger partial charge on any atom is 0.240 e. The van der Waals surface area contributed by atoms with Gasteiger partial charge in [0, 0.05) is 18.9 Å². The lowest BCUT2D eigenvalue weighted by Crippen LogP contribution is -2.55. The second kappa shape index (κ2) is 7.95. The molecule has 0 unspecified atom stereocenters. The largest absolute Gasteiger partial charge is 0.396 e. The Bertz CT molecular complexity index is 231. The van der Waals surface area contributed by atoms with Crippen LogP contribution in [0.25, 0.3) is 0 Å². The second-order valence-electron chi connectivity index (χ2n) is 4.66. The third kappa shape index (κ3) is 5.27. The fraction of sp³-hybridized carbons (Fsp3) is 0.917. The zero-order valence-electron chi connectivity index (χ0n) is 10.4. The lowest BCUT2D eigenvalue weighted by atomic mass is 9.82. The normalized spacial score (nSPS) is 18.9. The molecule has 1 aliphatic rings. The third-order valence-corrected chi connectivity index (χ3v) is 4.25. The number of hydrogen-bond acceptors (Lipinski definition) is 4. The molecule has 1 saturated carbocycles. The Kier molecular flexibility index (Phi) is 6.92. The summed E-state index contributed by atoms with van der Waals surface area (Å²) >= 11 is 1.75. The van der Waals surface area contributed by atoms with E-state index in [2.05, 4.69) is 5.32 Å². The fourth-order valence-corrected chi connectivity index (χ4v) is 2.87. The van der Waals surface area contributed by atoms with Crippen molar-refractivity contribution in [3.8, 4) is 0 Å². The van der Waals surface area contributed by atoms with Gasteiger partial charge in [-0.2, -0.15) is 11.8 Å². The van der Waals surface area contributed by atoms with Gasteiger partial charge in [-0.05, 0) is 25.0 Å². The smallest absolute Gasteiger partial charge is 0.240 e. The summed E-state index contributed by atoms with van der Waals surface area (Å²) in [6.45, 7) is 0.916. The van der Waals surface area contributed by atoms with Gasteiger partial charge in [0.2, 0.25) is 5.91 Å². The summed E-state index contributed by atoms with van der Waals surface area (Å²) in [6, 6.07) is 0. The maximum absolute atomic E-state index is 11.9. The average Bonchev–Trinajstić information content (AvgIpc) is 2.34. The quantitative estimate of drug-likeness (QED) is 0.594. The van der Waals surface area contributed by atoms with Crippen molar-refractivity contribution in [3.63, 3.8) is 0 Å². The number of nitrogens with one attached hydrogen (secondary N) is 1. The first-order valence-electron chi connectivity index (χ1n) is 6.45. The van der Waals surface area contributed by atoms with E-state index in [1.807, 2.05) is 0 Å². The molecular weight excluding hydrogens is 236 g/mol. The highest BCUT2D eigenvalue weighted by Gasteiger charge is 2.34. The van der Waals surface area contributed by atoms with Gasteiger partial charge in [0.15, 0.2) is 0 Å². The van der Waals surface area contributed by atoms with E-state index in [4.69, 9.17) is 10.8 Å². The fourth-order valence-electron chi connectivity index (χ4n) is 2.09. The minimum Gasteiger partial charge on any atom is -0.396 e. The van der Waals surface area contributed by atoms with Gasteiger partial charge >= 0.3 is 0 Å². The van der Waals surface area contributed by atoms with E-state index in [0.29, 0.717) is 6.54 Å². The summed E-state index contributed by atoms with van der Waals surface area (Å²) in [5.41, 5.74) is 5.50. The van der Waals surface area contributed by atoms with Gasteiger partial charge in [0.05, 0.1) is 5.54 Å². The first kappa shape index (κ1) is 14.8. The van der Waals surface area contributed by atoms with Crippen LogP contribution in [-0.4, -0.2) is 41.2 Å². The molecule has 17 heavy (non-hydrogen) atoms. The van der Waals surface area contributed by atoms with Crippen molar-refractivity contribution >= 4 is 17.7 Å². The molecule has 5 heteroatoms. The third-order valence-electron chi connectivity index (χ3n) is 3.18. The summed E-state index contributed by atoms with van der Waals surface area (Å²) in [6.07, 6.45) is 5.78. The van der Waals surface area contributed by atoms with Gasteiger partial charge < -0.3 is 16.2 Å². The maximum atomic E-state index is 11.9. The summed E-state index contributed by atoms with van der Waals surface area (Å²) in [4.78, 5) is 11.9. The Labute approximate surface area is 108 Å². The minimum absolute atomic E-state index is 0.0139. The molecule has 4 nitrogen and oxygen atoms in total. The van der Waals surface area contributed by atoms with E-state index < -0.39 is 5.54 Å². The molecule has 1 rings (SSSR count). The van der Waals surface area contributed by atoms with E-state index in [9.17, 15) is 4.79 Å². The lowest BCUT2D eigenvalue weighted by molar-refractivity contribution is -0.127. The predicted molar refractivity (Wildman–Crippen MR) is 72.0 cm³/mol. The molecule has 0 aliphatic heterocycles. The van der Waals surface area contributed by atoms with Crippen molar-refractivity contribution in [2.45, 2.75) is 44.1 Å². The van der Waals surface area contributed by atoms with Crippen LogP contribution in [0.5, 0.6) is 0 Å². The molecule has 0 aromatic rings. The number of aliphatic hydroxyl groups excluding tert-OH is 1. The molecule has 0 saturated heterocycles. The highest BCUT2D eigenvalue weighted by molar-refractivity contribution is 7.99. The van der Waals surface area contributed by atoms with E-state index in [1.165, 1.54) is 6.42 Å². The number of nitrogens with two attached hydrogens (primary N) is 1. The average molecular weight is 260 g/mol. The molecule has 1 aliphatic carbocycles. The van der Waals surface area contributed by atoms with Crippen LogP contribution in [0, 0.1) is 0 Å². The number of rotatable bonds is 7. The van der Waals surface area contributed by atoms with Crippen LogP contribution in [0.4, 0.5) is 0 Å². The zero-order valence-corrected chi connectivity index (χ0v) is 11.2. The molecule has 0 aromatic heterocycles. The monoisotopic (exact) mass is 260 g/mol. The summed E-state index contributed by atoms with van der Waals surface area (Å²) in [5, 5.41) is 11.5. The number of carbonyl (C=O) groups excluding carboxylic acids is 1. The Balaban J connectivity index is 2.11. The molecule has 4 N–H and O–H groups in total. The minimum atomic E-state index is -0.617. The lowest BCUT2D eigenvalue weighted by Gasteiger charge is -2.31. The van der Waals surface area contributed by atoms with E-state index >= 15 is 0 Å². The van der Waals surface area contributed by atoms with Crippen molar-refractivity contribution in [2.24, 2.45) is 5.73 Å². The molecule has 0 heterocycles. The second-order valence-corrected chi connectivity index (χ2v) is 5.89. The van der Waals surface area contributed by atoms with Gasteiger partial charge in [-0.15, -0.1) is 0 Å². The first-order valence-corrected chi connectivity index (χ1v) is 7.60. The van der Waals surface area contributed by atoms with Crippen LogP contribution < -0.4 is 11.1 Å². The Morgan fingerprint density at radius 3 is 2.65 bits per heavy atom. The molecule has 0 bridgehead atoms. The summed E-state index contributed by atoms with van der Waals surface area (Å²) in [5.74, 6) is 1.85. The van der Waals surface area contributed by atoms with E-state index in [-0.39, 0.29) is 12.5 Å². The number of thioether (sulfide) groups is 1. The molecule has 0 spiro atoms. The van der Waals surface area contributed by atoms with Crippen molar-refractivity contribution in [1.82, 2.24) is 5.32 Å². The molecule has 0 radical (unpaired) electrons. The van der Waals surface area contributed by atoms with E-state index in [0.717, 1.165) is 43.6 Å². The number of carbonyl (C=O) groups is 1. The van der Waals surface area contributed by atoms with Crippen molar-refractivity contribution in [1.29, 1.82) is 0 Å². The van der Waals surface area contributed by atoms with Crippen LogP contribution >= 0.6 is 11.8 Å². The summed E-state index contributed by atoms with van der Waals surface area (Å²) in [7, 11) is 0. The van der Waals surface area contributed by atoms with Gasteiger partial charge in [-0.3, -0.25) is 4.79 Å². The zero-order chi connectivity index (χ0) is 12.6. The van der Waals surface area contributed by atoms with E-state index in [1.54, 1.807) is 11.8 Å². The Morgan fingerprint density at radius 1 is 1.29 bits per heavy atom. The summed E-state index contributed by atoms with van der Waals surface area (Å²) < 4.78 is 0. The van der Waals surface area contributed by atoms with Crippen molar-refractivity contribution in [2.75, 3.05) is 24.7 Å². The van der Waals surface area contributed by atoms with Gasteiger partial charge in [0.1, 0.15) is 0 Å². The van der Waals surface area contributed by atoms with Crippen molar-refractivity contribution in [3.05, 3.63) is 0 Å². The number of aliphatic hydroxyl groups is 1. The van der Waals surface area contributed by atoms with Crippen LogP contribution in [-0.2, 0) is 4.79 Å². The van der Waals surface area contributed by atoms with Crippen LogP contribution in [0.15, 0.2) is 0 Å². The highest BCUT2D eigenvalue weighted by atomic mass is 32.2. The van der Waals surface area contributed by atoms with Crippen LogP contribution in [0.1, 0.15) is 38.5 Å². The van der Waals surface area contributed by atoms with Crippen LogP contribution in [0.2, 0.25) is 0 Å². The van der Waals surface area contributed by atoms with Crippen LogP contribution in [0.3, 0.4) is 0 Å². The van der Waals surface area contributed by atoms with Gasteiger partial charge in [-0.1, -0.05) is 19.3 Å². The molecule has 1 fully saturated rings.